The summed E-state index contributed by atoms with van der Waals surface area (Å²) in [4.78, 5) is 11.0. The van der Waals surface area contributed by atoms with Gasteiger partial charge in [0.2, 0.25) is 5.52 Å². The molecule has 0 aliphatic heterocycles. The summed E-state index contributed by atoms with van der Waals surface area (Å²) < 4.78 is 5.60. The summed E-state index contributed by atoms with van der Waals surface area (Å²) in [6, 6.07) is 8.94. The van der Waals surface area contributed by atoms with E-state index < -0.39 is 4.92 Å². The summed E-state index contributed by atoms with van der Waals surface area (Å²) in [5, 5.41) is 25.1. The molecule has 0 saturated carbocycles. The van der Waals surface area contributed by atoms with E-state index in [0.717, 1.165) is 10.2 Å². The molecule has 118 valence electrons. The maximum atomic E-state index is 11.5. The molecule has 0 amide bonds. The van der Waals surface area contributed by atoms with Gasteiger partial charge >= 0.3 is 5.69 Å². The highest BCUT2D eigenvalue weighted by Gasteiger charge is 2.25. The maximum absolute atomic E-state index is 11.5. The summed E-state index contributed by atoms with van der Waals surface area (Å²) >= 11 is 3.35. The first-order valence-electron chi connectivity index (χ1n) is 6.80. The molecule has 23 heavy (non-hydrogen) atoms. The van der Waals surface area contributed by atoms with Crippen molar-refractivity contribution in [1.29, 1.82) is 0 Å². The van der Waals surface area contributed by atoms with E-state index in [0.29, 0.717) is 23.4 Å². The quantitative estimate of drug-likeness (QED) is 0.509. The lowest BCUT2D eigenvalue weighted by atomic mass is 10.2. The van der Waals surface area contributed by atoms with E-state index in [9.17, 15) is 10.1 Å². The van der Waals surface area contributed by atoms with E-state index >= 15 is 0 Å². The third-order valence-electron chi connectivity index (χ3n) is 3.18. The van der Waals surface area contributed by atoms with Gasteiger partial charge in [0.05, 0.1) is 10.6 Å². The molecule has 0 bridgehead atoms. The van der Waals surface area contributed by atoms with Crippen LogP contribution in [0.1, 0.15) is 6.92 Å². The first-order chi connectivity index (χ1) is 11.1. The molecule has 0 aliphatic rings. The Balaban J connectivity index is 2.15. The van der Waals surface area contributed by atoms with Crippen LogP contribution in [0.15, 0.2) is 39.4 Å². The van der Waals surface area contributed by atoms with Crippen LogP contribution in [-0.2, 0) is 0 Å². The minimum Gasteiger partial charge on any atom is -0.383 e. The minimum absolute atomic E-state index is 0.105. The number of nitrogens with one attached hydrogen (secondary N) is 2. The van der Waals surface area contributed by atoms with Crippen LogP contribution in [-0.4, -0.2) is 21.8 Å². The Kier molecular flexibility index (Phi) is 4.11. The molecule has 0 spiro atoms. The van der Waals surface area contributed by atoms with Gasteiger partial charge in [0.15, 0.2) is 5.52 Å². The standard InChI is InChI=1S/C14H12BrN5O3/c1-2-16-10-7-11(17-9-5-3-8(15)4-6-9)14(20(21)22)13-12(10)18-23-19-13/h3-7,16-17H,2H2,1H3. The Hall–Kier alpha value is -2.68. The van der Waals surface area contributed by atoms with E-state index in [1.807, 2.05) is 31.2 Å². The highest BCUT2D eigenvalue weighted by Crippen LogP contribution is 2.38. The van der Waals surface area contributed by atoms with Crippen LogP contribution >= 0.6 is 15.9 Å². The first kappa shape index (κ1) is 15.2. The molecule has 2 aromatic carbocycles. The molecule has 0 unspecified atom stereocenters. The fourth-order valence-electron chi connectivity index (χ4n) is 2.22. The van der Waals surface area contributed by atoms with E-state index in [1.165, 1.54) is 0 Å². The van der Waals surface area contributed by atoms with E-state index in [1.54, 1.807) is 6.07 Å². The lowest BCUT2D eigenvalue weighted by Gasteiger charge is -2.10. The number of fused-ring (bicyclic) bond motifs is 1. The number of hydrogen-bond donors (Lipinski definition) is 2. The van der Waals surface area contributed by atoms with Crippen molar-refractivity contribution in [1.82, 2.24) is 10.3 Å². The van der Waals surface area contributed by atoms with Gasteiger partial charge in [-0.05, 0) is 47.6 Å². The predicted octanol–water partition coefficient (Wildman–Crippen LogP) is 4.07. The Morgan fingerprint density at radius 3 is 2.57 bits per heavy atom. The summed E-state index contributed by atoms with van der Waals surface area (Å²) in [6.45, 7) is 2.56. The number of halogens is 1. The zero-order chi connectivity index (χ0) is 16.4. The van der Waals surface area contributed by atoms with Gasteiger partial charge in [0.25, 0.3) is 0 Å². The van der Waals surface area contributed by atoms with Crippen molar-refractivity contribution < 1.29 is 9.55 Å². The molecule has 9 heteroatoms. The topological polar surface area (TPSA) is 106 Å². The molecule has 8 nitrogen and oxygen atoms in total. The fourth-order valence-corrected chi connectivity index (χ4v) is 2.49. The predicted molar refractivity (Wildman–Crippen MR) is 90.0 cm³/mol. The number of nitrogens with zero attached hydrogens (tertiary/aromatic N) is 3. The Labute approximate surface area is 139 Å². The molecule has 0 aliphatic carbocycles. The van der Waals surface area contributed by atoms with E-state index in [-0.39, 0.29) is 11.2 Å². The van der Waals surface area contributed by atoms with Gasteiger partial charge in [0.1, 0.15) is 5.69 Å². The minimum atomic E-state index is -0.497. The first-order valence-corrected chi connectivity index (χ1v) is 7.59. The average Bonchev–Trinajstić information content (AvgIpc) is 2.99. The second-order valence-corrected chi connectivity index (χ2v) is 5.62. The third-order valence-corrected chi connectivity index (χ3v) is 3.71. The van der Waals surface area contributed by atoms with Gasteiger partial charge in [-0.1, -0.05) is 15.9 Å². The van der Waals surface area contributed by atoms with Crippen LogP contribution in [0.25, 0.3) is 11.0 Å². The molecule has 3 rings (SSSR count). The van der Waals surface area contributed by atoms with Crippen molar-refractivity contribution in [3.8, 4) is 0 Å². The van der Waals surface area contributed by atoms with E-state index in [4.69, 9.17) is 0 Å². The van der Waals surface area contributed by atoms with Crippen LogP contribution in [0, 0.1) is 10.1 Å². The van der Waals surface area contributed by atoms with E-state index in [2.05, 4.69) is 41.5 Å². The molecule has 1 aromatic heterocycles. The summed E-state index contributed by atoms with van der Waals surface area (Å²) in [7, 11) is 0. The maximum Gasteiger partial charge on any atom is 0.324 e. The van der Waals surface area contributed by atoms with Gasteiger partial charge in [-0.25, -0.2) is 4.63 Å². The van der Waals surface area contributed by atoms with Crippen molar-refractivity contribution in [2.24, 2.45) is 0 Å². The Bertz CT molecular complexity index is 863. The number of nitro benzene ring substituents is 1. The third kappa shape index (κ3) is 2.95. The van der Waals surface area contributed by atoms with Crippen molar-refractivity contribution in [3.05, 3.63) is 44.9 Å². The highest BCUT2D eigenvalue weighted by molar-refractivity contribution is 9.10. The fraction of sp³-hybridized carbons (Fsp3) is 0.143. The van der Waals surface area contributed by atoms with Crippen molar-refractivity contribution in [2.45, 2.75) is 6.92 Å². The zero-order valence-corrected chi connectivity index (χ0v) is 13.6. The van der Waals surface area contributed by atoms with Crippen molar-refractivity contribution in [3.63, 3.8) is 0 Å². The Morgan fingerprint density at radius 1 is 1.22 bits per heavy atom. The van der Waals surface area contributed by atoms with Crippen LogP contribution in [0.4, 0.5) is 22.7 Å². The molecule has 0 radical (unpaired) electrons. The SMILES string of the molecule is CCNc1cc(Nc2ccc(Br)cc2)c([N+](=O)[O-])c2nonc12. The normalized spacial score (nSPS) is 10.7. The largest absolute Gasteiger partial charge is 0.383 e. The molecular weight excluding hydrogens is 366 g/mol. The summed E-state index contributed by atoms with van der Waals surface area (Å²) in [5.74, 6) is 0. The van der Waals surface area contributed by atoms with Crippen molar-refractivity contribution in [2.75, 3.05) is 17.2 Å². The van der Waals surface area contributed by atoms with Crippen LogP contribution < -0.4 is 10.6 Å². The molecule has 0 fully saturated rings. The van der Waals surface area contributed by atoms with Crippen LogP contribution in [0.5, 0.6) is 0 Å². The monoisotopic (exact) mass is 377 g/mol. The van der Waals surface area contributed by atoms with Crippen LogP contribution in [0.2, 0.25) is 0 Å². The molecule has 3 aromatic rings. The molecule has 1 heterocycles. The van der Waals surface area contributed by atoms with Crippen molar-refractivity contribution >= 4 is 49.7 Å². The molecule has 2 N–H and O–H groups in total. The summed E-state index contributed by atoms with van der Waals surface area (Å²) in [5.41, 5.74) is 1.92. The smallest absolute Gasteiger partial charge is 0.324 e. The Morgan fingerprint density at radius 2 is 1.91 bits per heavy atom. The number of anilines is 3. The summed E-state index contributed by atoms with van der Waals surface area (Å²) in [6.07, 6.45) is 0. The number of nitro groups is 1. The van der Waals surface area contributed by atoms with Gasteiger partial charge < -0.3 is 10.6 Å². The molecule has 0 saturated heterocycles. The lowest BCUT2D eigenvalue weighted by molar-refractivity contribution is -0.382. The zero-order valence-electron chi connectivity index (χ0n) is 12.0. The van der Waals surface area contributed by atoms with Gasteiger partial charge in [0, 0.05) is 16.7 Å². The number of benzene rings is 2. The average molecular weight is 378 g/mol. The molecular formula is C14H12BrN5O3. The number of aromatic nitrogens is 2. The molecule has 0 atom stereocenters. The number of hydrogen-bond acceptors (Lipinski definition) is 7. The highest BCUT2D eigenvalue weighted by atomic mass is 79.9. The second kappa shape index (κ2) is 6.21. The lowest BCUT2D eigenvalue weighted by Crippen LogP contribution is -2.03. The second-order valence-electron chi connectivity index (χ2n) is 4.70. The number of rotatable bonds is 5. The van der Waals surface area contributed by atoms with Gasteiger partial charge in [-0.3, -0.25) is 10.1 Å². The van der Waals surface area contributed by atoms with Gasteiger partial charge in [-0.15, -0.1) is 0 Å². The van der Waals surface area contributed by atoms with Crippen LogP contribution in [0.3, 0.4) is 0 Å². The van der Waals surface area contributed by atoms with Gasteiger partial charge in [-0.2, -0.15) is 0 Å².